The highest BCUT2D eigenvalue weighted by Crippen LogP contribution is 2.19. The van der Waals surface area contributed by atoms with Crippen LogP contribution in [0.4, 0.5) is 0 Å². The highest BCUT2D eigenvalue weighted by Gasteiger charge is 2.20. The van der Waals surface area contributed by atoms with E-state index in [1.165, 1.54) is 308 Å². The molecule has 0 aromatic heterocycles. The minimum atomic E-state index is -0.772. The van der Waals surface area contributed by atoms with Gasteiger partial charge in [-0.25, -0.2) is 0 Å². The fraction of sp³-hybridized carbons (Fsp3) is 0.907. The van der Waals surface area contributed by atoms with Gasteiger partial charge in [-0.3, -0.25) is 14.4 Å². The molecule has 0 bridgehead atoms. The molecule has 0 radical (unpaired) electrons. The molecule has 81 heavy (non-hydrogen) atoms. The van der Waals surface area contributed by atoms with E-state index < -0.39 is 6.10 Å². The predicted octanol–water partition coefficient (Wildman–Crippen LogP) is 25.3. The van der Waals surface area contributed by atoms with Gasteiger partial charge in [-0.15, -0.1) is 0 Å². The highest BCUT2D eigenvalue weighted by atomic mass is 16.6. The van der Waals surface area contributed by atoms with E-state index in [9.17, 15) is 14.4 Å². The quantitative estimate of drug-likeness (QED) is 0.0261. The van der Waals surface area contributed by atoms with Gasteiger partial charge in [0.1, 0.15) is 13.2 Å². The molecule has 6 nitrogen and oxygen atoms in total. The average molecular weight is 1140 g/mol. The van der Waals surface area contributed by atoms with E-state index in [2.05, 4.69) is 45.1 Å². The Balaban J connectivity index is 4.23. The summed E-state index contributed by atoms with van der Waals surface area (Å²) >= 11 is 0. The number of allylic oxidation sites excluding steroid dienone is 4. The molecule has 0 saturated heterocycles. The first-order chi connectivity index (χ1) is 40.0. The third-order valence-corrected chi connectivity index (χ3v) is 17.0. The molecule has 0 spiro atoms. The number of hydrogen-bond acceptors (Lipinski definition) is 6. The Morgan fingerprint density at radius 1 is 0.247 bits per heavy atom. The first-order valence-electron chi connectivity index (χ1n) is 36.8. The number of hydrogen-bond donors (Lipinski definition) is 0. The predicted molar refractivity (Wildman–Crippen MR) is 353 cm³/mol. The normalized spacial score (nSPS) is 12.1. The Kier molecular flexibility index (Phi) is 68.5. The molecular formula is C75H142O6. The maximum atomic E-state index is 13.0. The second-order valence-electron chi connectivity index (χ2n) is 25.2. The maximum absolute atomic E-state index is 13.0. The maximum Gasteiger partial charge on any atom is 0.306 e. The molecule has 0 fully saturated rings. The number of esters is 3. The van der Waals surface area contributed by atoms with Crippen LogP contribution in [0.1, 0.15) is 419 Å². The molecule has 0 N–H and O–H groups in total. The Bertz CT molecular complexity index is 1310. The van der Waals surface area contributed by atoms with Crippen LogP contribution in [-0.2, 0) is 28.6 Å². The van der Waals surface area contributed by atoms with Gasteiger partial charge >= 0.3 is 17.9 Å². The summed E-state index contributed by atoms with van der Waals surface area (Å²) in [5.41, 5.74) is 0. The van der Waals surface area contributed by atoms with Crippen LogP contribution in [0.15, 0.2) is 24.3 Å². The Labute approximate surface area is 506 Å². The molecule has 6 heteroatoms. The average Bonchev–Trinajstić information content (AvgIpc) is 3.47. The second-order valence-corrected chi connectivity index (χ2v) is 25.2. The van der Waals surface area contributed by atoms with Gasteiger partial charge in [-0.05, 0) is 51.4 Å². The fourth-order valence-corrected chi connectivity index (χ4v) is 11.4. The smallest absolute Gasteiger partial charge is 0.306 e. The van der Waals surface area contributed by atoms with Crippen LogP contribution in [0.2, 0.25) is 0 Å². The fourth-order valence-electron chi connectivity index (χ4n) is 11.4. The van der Waals surface area contributed by atoms with Crippen molar-refractivity contribution in [2.45, 2.75) is 425 Å². The number of carbonyl (C=O) groups excluding carboxylic acids is 3. The van der Waals surface area contributed by atoms with Crippen LogP contribution in [-0.4, -0.2) is 37.2 Å². The van der Waals surface area contributed by atoms with Crippen LogP contribution in [0.5, 0.6) is 0 Å². The minimum Gasteiger partial charge on any atom is -0.462 e. The van der Waals surface area contributed by atoms with Crippen molar-refractivity contribution in [2.24, 2.45) is 0 Å². The molecule has 0 heterocycles. The van der Waals surface area contributed by atoms with Crippen LogP contribution in [0.25, 0.3) is 0 Å². The van der Waals surface area contributed by atoms with Crippen molar-refractivity contribution in [2.75, 3.05) is 13.2 Å². The Morgan fingerprint density at radius 3 is 0.704 bits per heavy atom. The van der Waals surface area contributed by atoms with E-state index in [0.717, 1.165) is 70.6 Å². The third kappa shape index (κ3) is 68.6. The molecular weight excluding hydrogens is 997 g/mol. The van der Waals surface area contributed by atoms with Crippen LogP contribution >= 0.6 is 0 Å². The molecule has 478 valence electrons. The molecule has 0 amide bonds. The summed E-state index contributed by atoms with van der Waals surface area (Å²) in [5, 5.41) is 0. The van der Waals surface area contributed by atoms with Gasteiger partial charge in [-0.2, -0.15) is 0 Å². The van der Waals surface area contributed by atoms with Crippen LogP contribution < -0.4 is 0 Å². The van der Waals surface area contributed by atoms with Crippen molar-refractivity contribution in [3.8, 4) is 0 Å². The number of unbranched alkanes of at least 4 members (excludes halogenated alkanes) is 54. The van der Waals surface area contributed by atoms with Crippen molar-refractivity contribution in [3.05, 3.63) is 24.3 Å². The zero-order valence-electron chi connectivity index (χ0n) is 55.1. The second kappa shape index (κ2) is 70.4. The van der Waals surface area contributed by atoms with Gasteiger partial charge in [0.25, 0.3) is 0 Å². The Morgan fingerprint density at radius 2 is 0.444 bits per heavy atom. The zero-order chi connectivity index (χ0) is 58.5. The van der Waals surface area contributed by atoms with Crippen molar-refractivity contribution >= 4 is 17.9 Å². The first kappa shape index (κ1) is 78.9. The standard InChI is InChI=1S/C75H142O6/c1-4-7-10-13-16-19-22-25-28-31-33-34-35-36-37-38-39-40-42-44-47-50-53-56-59-62-65-68-74(77)80-71-72(70-79-73(76)67-64-61-58-55-52-49-46-43-30-27-24-21-18-15-12-9-6-3)81-75(78)69-66-63-60-57-54-51-48-45-41-32-29-26-23-20-17-14-11-8-5-2/h18,21,27,30,72H,4-17,19-20,22-26,28-29,31-71H2,1-3H3/b21-18-,30-27-. The summed E-state index contributed by atoms with van der Waals surface area (Å²) in [6.45, 7) is 6.70. The lowest BCUT2D eigenvalue weighted by Crippen LogP contribution is -2.30. The lowest BCUT2D eigenvalue weighted by Gasteiger charge is -2.18. The molecule has 0 aliphatic carbocycles. The van der Waals surface area contributed by atoms with Gasteiger partial charge in [0.2, 0.25) is 0 Å². The largest absolute Gasteiger partial charge is 0.462 e. The number of carbonyl (C=O) groups is 3. The van der Waals surface area contributed by atoms with Gasteiger partial charge in [0, 0.05) is 19.3 Å². The molecule has 0 aromatic carbocycles. The van der Waals surface area contributed by atoms with Crippen molar-refractivity contribution in [3.63, 3.8) is 0 Å². The van der Waals surface area contributed by atoms with E-state index in [1.807, 2.05) is 0 Å². The molecule has 0 aromatic rings. The van der Waals surface area contributed by atoms with E-state index in [1.54, 1.807) is 0 Å². The van der Waals surface area contributed by atoms with Gasteiger partial charge < -0.3 is 14.2 Å². The molecule has 0 rings (SSSR count). The first-order valence-corrected chi connectivity index (χ1v) is 36.8. The van der Waals surface area contributed by atoms with Crippen LogP contribution in [0, 0.1) is 0 Å². The zero-order valence-corrected chi connectivity index (χ0v) is 55.1. The number of ether oxygens (including phenoxy) is 3. The Hall–Kier alpha value is -2.11. The summed E-state index contributed by atoms with van der Waals surface area (Å²) in [4.78, 5) is 38.5. The van der Waals surface area contributed by atoms with Crippen molar-refractivity contribution in [1.29, 1.82) is 0 Å². The molecule has 0 saturated carbocycles. The molecule has 0 aliphatic heterocycles. The van der Waals surface area contributed by atoms with E-state index >= 15 is 0 Å². The number of rotatable bonds is 69. The van der Waals surface area contributed by atoms with Gasteiger partial charge in [0.05, 0.1) is 0 Å². The topological polar surface area (TPSA) is 78.9 Å². The third-order valence-electron chi connectivity index (χ3n) is 17.0. The van der Waals surface area contributed by atoms with Gasteiger partial charge in [-0.1, -0.05) is 373 Å². The lowest BCUT2D eigenvalue weighted by molar-refractivity contribution is -0.167. The molecule has 1 atom stereocenters. The molecule has 1 unspecified atom stereocenters. The van der Waals surface area contributed by atoms with E-state index in [4.69, 9.17) is 14.2 Å². The van der Waals surface area contributed by atoms with Crippen LogP contribution in [0.3, 0.4) is 0 Å². The summed E-state index contributed by atoms with van der Waals surface area (Å²) in [5.74, 6) is -0.839. The summed E-state index contributed by atoms with van der Waals surface area (Å²) in [6.07, 6.45) is 86.4. The summed E-state index contributed by atoms with van der Waals surface area (Å²) < 4.78 is 17.0. The van der Waals surface area contributed by atoms with Crippen molar-refractivity contribution in [1.82, 2.24) is 0 Å². The SMILES string of the molecule is CCCCC/C=C\C/C=C\CCCCCCCCCC(=O)OCC(COC(=O)CCCCCCCCCCCCCCCCCCCCCCCCCCCCC)OC(=O)CCCCCCCCCCCCCCCCCCCCC. The monoisotopic (exact) mass is 1140 g/mol. The van der Waals surface area contributed by atoms with Gasteiger partial charge in [0.15, 0.2) is 6.10 Å². The highest BCUT2D eigenvalue weighted by molar-refractivity contribution is 5.71. The van der Waals surface area contributed by atoms with E-state index in [0.29, 0.717) is 19.3 Å². The minimum absolute atomic E-state index is 0.0669. The summed E-state index contributed by atoms with van der Waals surface area (Å²) in [7, 11) is 0. The molecule has 0 aliphatic rings. The summed E-state index contributed by atoms with van der Waals surface area (Å²) in [6, 6.07) is 0. The lowest BCUT2D eigenvalue weighted by atomic mass is 10.0. The van der Waals surface area contributed by atoms with Crippen molar-refractivity contribution < 1.29 is 28.6 Å². The van der Waals surface area contributed by atoms with E-state index in [-0.39, 0.29) is 31.1 Å².